The van der Waals surface area contributed by atoms with Gasteiger partial charge in [0.1, 0.15) is 6.33 Å². The lowest BCUT2D eigenvalue weighted by atomic mass is 10.7. The molecule has 0 amide bonds. The molecule has 4 nitrogen and oxygen atoms in total. The van der Waals surface area contributed by atoms with Crippen molar-refractivity contribution < 1.29 is 0 Å². The number of nitrogens with two attached hydrogens (primary N) is 1. The highest BCUT2D eigenvalue weighted by Crippen LogP contribution is 2.33. The van der Waals surface area contributed by atoms with Crippen LogP contribution >= 0.6 is 0 Å². The molecule has 0 aliphatic heterocycles. The lowest BCUT2D eigenvalue weighted by molar-refractivity contribution is 0.642. The molecule has 9 heavy (non-hydrogen) atoms. The fourth-order valence-electron chi connectivity index (χ4n) is 0.803. The van der Waals surface area contributed by atoms with E-state index in [0.717, 1.165) is 0 Å². The Balaban J connectivity index is 2.28. The number of nitrogen functional groups attached to an aromatic ring is 1. The normalized spacial score (nSPS) is 18.2. The van der Waals surface area contributed by atoms with E-state index < -0.39 is 0 Å². The third-order valence-corrected chi connectivity index (χ3v) is 1.45. The smallest absolute Gasteiger partial charge is 0.239 e. The van der Waals surface area contributed by atoms with Crippen LogP contribution in [-0.4, -0.2) is 14.8 Å². The average Bonchev–Trinajstić information content (AvgIpc) is 2.58. The molecule has 1 saturated carbocycles. The van der Waals surface area contributed by atoms with Gasteiger partial charge in [0.05, 0.1) is 6.04 Å². The summed E-state index contributed by atoms with van der Waals surface area (Å²) < 4.78 is 1.83. The second-order valence-corrected chi connectivity index (χ2v) is 2.31. The van der Waals surface area contributed by atoms with E-state index in [0.29, 0.717) is 12.0 Å². The molecule has 0 unspecified atom stereocenters. The van der Waals surface area contributed by atoms with Gasteiger partial charge in [-0.25, -0.2) is 9.67 Å². The summed E-state index contributed by atoms with van der Waals surface area (Å²) >= 11 is 0. The third-order valence-electron chi connectivity index (χ3n) is 1.45. The quantitative estimate of drug-likeness (QED) is 0.581. The molecule has 0 aromatic carbocycles. The standard InChI is InChI=1S/C5H8N4/c6-5-7-3-9(8-5)4-1-2-4/h3-4H,1-2H2,(H2,6,8). The summed E-state index contributed by atoms with van der Waals surface area (Å²) in [6, 6.07) is 0.592. The number of hydrogen-bond donors (Lipinski definition) is 1. The third kappa shape index (κ3) is 0.759. The van der Waals surface area contributed by atoms with Gasteiger partial charge in [-0.2, -0.15) is 0 Å². The van der Waals surface area contributed by atoms with E-state index in [-0.39, 0.29) is 0 Å². The highest BCUT2D eigenvalue weighted by atomic mass is 15.4. The van der Waals surface area contributed by atoms with Crippen molar-refractivity contribution >= 4 is 5.95 Å². The largest absolute Gasteiger partial charge is 0.367 e. The number of anilines is 1. The van der Waals surface area contributed by atoms with E-state index in [1.807, 2.05) is 4.68 Å². The minimum absolute atomic E-state index is 0.377. The van der Waals surface area contributed by atoms with Gasteiger partial charge in [0.2, 0.25) is 5.95 Å². The first-order chi connectivity index (χ1) is 4.36. The Hall–Kier alpha value is -1.06. The second-order valence-electron chi connectivity index (χ2n) is 2.31. The topological polar surface area (TPSA) is 56.7 Å². The van der Waals surface area contributed by atoms with Gasteiger partial charge in [0, 0.05) is 0 Å². The summed E-state index contributed by atoms with van der Waals surface area (Å²) in [5, 5.41) is 3.96. The zero-order valence-corrected chi connectivity index (χ0v) is 4.99. The molecule has 2 N–H and O–H groups in total. The Bertz CT molecular complexity index is 212. The number of aromatic nitrogens is 3. The molecule has 48 valence electrons. The molecule has 0 radical (unpaired) electrons. The van der Waals surface area contributed by atoms with Crippen molar-refractivity contribution in [1.82, 2.24) is 14.8 Å². The van der Waals surface area contributed by atoms with E-state index in [2.05, 4.69) is 10.1 Å². The molecule has 4 heteroatoms. The summed E-state index contributed by atoms with van der Waals surface area (Å²) in [7, 11) is 0. The monoisotopic (exact) mass is 124 g/mol. The summed E-state index contributed by atoms with van der Waals surface area (Å²) in [5.41, 5.74) is 5.30. The predicted octanol–water partition coefficient (Wildman–Crippen LogP) is 0.195. The van der Waals surface area contributed by atoms with Gasteiger partial charge in [-0.1, -0.05) is 0 Å². The van der Waals surface area contributed by atoms with Crippen LogP contribution < -0.4 is 5.73 Å². The molecular formula is C5H8N4. The zero-order chi connectivity index (χ0) is 6.27. The maximum absolute atomic E-state index is 5.30. The van der Waals surface area contributed by atoms with Crippen molar-refractivity contribution in [3.8, 4) is 0 Å². The van der Waals surface area contributed by atoms with E-state index in [4.69, 9.17) is 5.73 Å². The van der Waals surface area contributed by atoms with E-state index in [1.54, 1.807) is 6.33 Å². The lowest BCUT2D eigenvalue weighted by Crippen LogP contribution is -1.95. The van der Waals surface area contributed by atoms with Crippen LogP contribution in [0.25, 0.3) is 0 Å². The molecule has 0 spiro atoms. The van der Waals surface area contributed by atoms with Crippen molar-refractivity contribution in [3.05, 3.63) is 6.33 Å². The van der Waals surface area contributed by atoms with Crippen LogP contribution in [0.2, 0.25) is 0 Å². The summed E-state index contributed by atoms with van der Waals surface area (Å²) in [4.78, 5) is 3.81. The molecule has 1 heterocycles. The maximum Gasteiger partial charge on any atom is 0.239 e. The Morgan fingerprint density at radius 3 is 2.89 bits per heavy atom. The SMILES string of the molecule is Nc1ncn(C2CC2)n1. The molecule has 1 aromatic rings. The first-order valence-corrected chi connectivity index (χ1v) is 3.03. The van der Waals surface area contributed by atoms with Gasteiger partial charge < -0.3 is 5.73 Å². The average molecular weight is 124 g/mol. The highest BCUT2D eigenvalue weighted by molar-refractivity contribution is 5.10. The first kappa shape index (κ1) is 4.78. The summed E-state index contributed by atoms with van der Waals surface area (Å²) in [6.45, 7) is 0. The van der Waals surface area contributed by atoms with Crippen molar-refractivity contribution in [2.45, 2.75) is 18.9 Å². The lowest BCUT2D eigenvalue weighted by Gasteiger charge is -1.89. The van der Waals surface area contributed by atoms with Crippen LogP contribution in [0, 0.1) is 0 Å². The van der Waals surface area contributed by atoms with Crippen LogP contribution in [0.15, 0.2) is 6.33 Å². The molecular weight excluding hydrogens is 116 g/mol. The highest BCUT2D eigenvalue weighted by Gasteiger charge is 2.24. The second kappa shape index (κ2) is 1.46. The molecule has 1 fully saturated rings. The van der Waals surface area contributed by atoms with Crippen molar-refractivity contribution in [1.29, 1.82) is 0 Å². The molecule has 1 aliphatic rings. The fourth-order valence-corrected chi connectivity index (χ4v) is 0.803. The Kier molecular flexibility index (Phi) is 0.777. The maximum atomic E-state index is 5.30. The van der Waals surface area contributed by atoms with Crippen LogP contribution in [0.5, 0.6) is 0 Å². The van der Waals surface area contributed by atoms with Gasteiger partial charge in [-0.15, -0.1) is 5.10 Å². The Labute approximate surface area is 52.7 Å². The number of hydrogen-bond acceptors (Lipinski definition) is 3. The zero-order valence-electron chi connectivity index (χ0n) is 4.99. The van der Waals surface area contributed by atoms with Crippen molar-refractivity contribution in [3.63, 3.8) is 0 Å². The van der Waals surface area contributed by atoms with Crippen LogP contribution in [0.4, 0.5) is 5.95 Å². The molecule has 0 saturated heterocycles. The van der Waals surface area contributed by atoms with Gasteiger partial charge in [-0.3, -0.25) is 0 Å². The van der Waals surface area contributed by atoms with E-state index >= 15 is 0 Å². The molecule has 0 bridgehead atoms. The van der Waals surface area contributed by atoms with Gasteiger partial charge >= 0.3 is 0 Å². The van der Waals surface area contributed by atoms with Crippen molar-refractivity contribution in [2.24, 2.45) is 0 Å². The summed E-state index contributed by atoms with van der Waals surface area (Å²) in [5.74, 6) is 0.377. The minimum Gasteiger partial charge on any atom is -0.367 e. The van der Waals surface area contributed by atoms with E-state index in [9.17, 15) is 0 Å². The van der Waals surface area contributed by atoms with Crippen LogP contribution in [0.1, 0.15) is 18.9 Å². The Morgan fingerprint density at radius 2 is 2.44 bits per heavy atom. The Morgan fingerprint density at radius 1 is 1.67 bits per heavy atom. The molecule has 1 aliphatic carbocycles. The van der Waals surface area contributed by atoms with E-state index in [1.165, 1.54) is 12.8 Å². The predicted molar refractivity (Wildman–Crippen MR) is 32.7 cm³/mol. The fraction of sp³-hybridized carbons (Fsp3) is 0.600. The van der Waals surface area contributed by atoms with Crippen LogP contribution in [-0.2, 0) is 0 Å². The van der Waals surface area contributed by atoms with Gasteiger partial charge in [0.25, 0.3) is 0 Å². The summed E-state index contributed by atoms with van der Waals surface area (Å²) in [6.07, 6.45) is 4.14. The molecule has 0 atom stereocenters. The van der Waals surface area contributed by atoms with Crippen molar-refractivity contribution in [2.75, 3.05) is 5.73 Å². The first-order valence-electron chi connectivity index (χ1n) is 3.03. The van der Waals surface area contributed by atoms with Gasteiger partial charge in [-0.05, 0) is 12.8 Å². The molecule has 1 aromatic heterocycles. The van der Waals surface area contributed by atoms with Gasteiger partial charge in [0.15, 0.2) is 0 Å². The number of nitrogens with zero attached hydrogens (tertiary/aromatic N) is 3. The minimum atomic E-state index is 0.377. The number of rotatable bonds is 1. The van der Waals surface area contributed by atoms with Crippen LogP contribution in [0.3, 0.4) is 0 Å². The molecule has 2 rings (SSSR count).